The Morgan fingerprint density at radius 3 is 2.66 bits per heavy atom. The van der Waals surface area contributed by atoms with Gasteiger partial charge < -0.3 is 19.3 Å². The van der Waals surface area contributed by atoms with Gasteiger partial charge in [-0.15, -0.1) is 0 Å². The van der Waals surface area contributed by atoms with Crippen molar-refractivity contribution < 1.29 is 24.1 Å². The second-order valence-electron chi connectivity index (χ2n) is 9.14. The molecule has 4 rings (SSSR count). The van der Waals surface area contributed by atoms with Crippen LogP contribution in [0.25, 0.3) is 23.3 Å². The van der Waals surface area contributed by atoms with Crippen LogP contribution < -0.4 is 4.74 Å². The number of carbonyl (C=O) groups is 1. The molecule has 0 bridgehead atoms. The zero-order valence-corrected chi connectivity index (χ0v) is 21.7. The van der Waals surface area contributed by atoms with E-state index in [2.05, 4.69) is 6.07 Å². The van der Waals surface area contributed by atoms with Crippen molar-refractivity contribution in [2.75, 3.05) is 40.1 Å². The van der Waals surface area contributed by atoms with Crippen molar-refractivity contribution in [3.8, 4) is 22.9 Å². The van der Waals surface area contributed by atoms with Gasteiger partial charge in [0, 0.05) is 31.3 Å². The van der Waals surface area contributed by atoms with Gasteiger partial charge in [-0.3, -0.25) is 9.69 Å². The Bertz CT molecular complexity index is 1330. The minimum Gasteiger partial charge on any atom is -0.491 e. The van der Waals surface area contributed by atoms with Crippen LogP contribution in [0.5, 0.6) is 5.75 Å². The molecule has 1 fully saturated rings. The average Bonchev–Trinajstić information content (AvgIpc) is 2.94. The number of carboxylic acids is 1. The van der Waals surface area contributed by atoms with E-state index in [-0.39, 0.29) is 6.61 Å². The van der Waals surface area contributed by atoms with Crippen molar-refractivity contribution in [3.05, 3.63) is 88.5 Å². The quantitative estimate of drug-likeness (QED) is 0.301. The molecule has 1 aliphatic heterocycles. The highest BCUT2D eigenvalue weighted by Crippen LogP contribution is 2.30. The molecule has 7 heteroatoms. The Kier molecular flexibility index (Phi) is 9.28. The van der Waals surface area contributed by atoms with E-state index >= 15 is 0 Å². The van der Waals surface area contributed by atoms with Crippen molar-refractivity contribution in [2.45, 2.75) is 19.5 Å². The summed E-state index contributed by atoms with van der Waals surface area (Å²) in [4.78, 5) is 13.7. The molecule has 0 aliphatic carbocycles. The van der Waals surface area contributed by atoms with Crippen LogP contribution in [0.4, 0.5) is 0 Å². The molecule has 0 amide bonds. The second-order valence-corrected chi connectivity index (χ2v) is 9.14. The largest absolute Gasteiger partial charge is 0.491 e. The molecule has 1 aliphatic rings. The Balaban J connectivity index is 1.68. The number of rotatable bonds is 10. The highest BCUT2D eigenvalue weighted by atomic mass is 16.5. The fourth-order valence-electron chi connectivity index (χ4n) is 4.56. The zero-order chi connectivity index (χ0) is 26.9. The van der Waals surface area contributed by atoms with E-state index in [1.165, 1.54) is 0 Å². The predicted molar refractivity (Wildman–Crippen MR) is 147 cm³/mol. The number of nitrogens with zero attached hydrogens (tertiary/aromatic N) is 2. The van der Waals surface area contributed by atoms with Crippen LogP contribution >= 0.6 is 0 Å². The maximum absolute atomic E-state index is 11.8. The number of nitriles is 1. The van der Waals surface area contributed by atoms with Gasteiger partial charge in [0.05, 0.1) is 25.4 Å². The summed E-state index contributed by atoms with van der Waals surface area (Å²) in [5.74, 6) is -0.197. The lowest BCUT2D eigenvalue weighted by Crippen LogP contribution is -2.49. The van der Waals surface area contributed by atoms with Crippen molar-refractivity contribution in [2.24, 2.45) is 0 Å². The van der Waals surface area contributed by atoms with E-state index in [0.717, 1.165) is 33.4 Å². The first-order valence-corrected chi connectivity index (χ1v) is 12.6. The molecular weight excluding hydrogens is 480 g/mol. The van der Waals surface area contributed by atoms with E-state index in [4.69, 9.17) is 14.2 Å². The van der Waals surface area contributed by atoms with Crippen LogP contribution in [0, 0.1) is 18.3 Å². The van der Waals surface area contributed by atoms with Gasteiger partial charge >= 0.3 is 5.97 Å². The van der Waals surface area contributed by atoms with E-state index in [0.29, 0.717) is 44.2 Å². The molecule has 1 unspecified atom stereocenters. The van der Waals surface area contributed by atoms with Crippen LogP contribution in [0.1, 0.15) is 27.8 Å². The minimum atomic E-state index is -0.902. The van der Waals surface area contributed by atoms with E-state index in [9.17, 15) is 15.2 Å². The second kappa shape index (κ2) is 13.0. The predicted octanol–water partition coefficient (Wildman–Crippen LogP) is 5.01. The highest BCUT2D eigenvalue weighted by molar-refractivity contribution is 5.81. The van der Waals surface area contributed by atoms with Gasteiger partial charge in [0.15, 0.2) is 0 Å². The molecule has 38 heavy (non-hydrogen) atoms. The number of methoxy groups -OCH3 is 1. The number of hydrogen-bond acceptors (Lipinski definition) is 6. The summed E-state index contributed by atoms with van der Waals surface area (Å²) >= 11 is 0. The lowest BCUT2D eigenvalue weighted by molar-refractivity contribution is -0.150. The van der Waals surface area contributed by atoms with Gasteiger partial charge in [-0.25, -0.2) is 0 Å². The third-order valence-corrected chi connectivity index (χ3v) is 6.63. The first-order valence-electron chi connectivity index (χ1n) is 12.6. The van der Waals surface area contributed by atoms with Crippen LogP contribution in [-0.2, 0) is 20.8 Å². The van der Waals surface area contributed by atoms with Crippen molar-refractivity contribution >= 4 is 18.1 Å². The van der Waals surface area contributed by atoms with Crippen molar-refractivity contribution in [1.29, 1.82) is 5.26 Å². The first-order chi connectivity index (χ1) is 18.5. The average molecular weight is 513 g/mol. The van der Waals surface area contributed by atoms with Crippen molar-refractivity contribution in [1.82, 2.24) is 4.90 Å². The number of aryl methyl sites for hydroxylation is 1. The number of carboxylic acid groups (broad SMARTS) is 1. The third-order valence-electron chi connectivity index (χ3n) is 6.63. The summed E-state index contributed by atoms with van der Waals surface area (Å²) in [5, 5.41) is 19.7. The maximum Gasteiger partial charge on any atom is 0.323 e. The molecule has 1 N–H and O–H groups in total. The molecule has 0 saturated carbocycles. The van der Waals surface area contributed by atoms with Crippen LogP contribution in [0.2, 0.25) is 0 Å². The number of morpholine rings is 1. The normalized spacial score (nSPS) is 15.9. The standard InChI is InChI=1S/C31H32N2O5/c1-22-17-30(38-16-15-36-2)26(20-33-13-14-37-21-29(33)31(34)35)18-25(22)12-11-24-9-6-10-27(28(24)19-32)23-7-4-3-5-8-23/h3-12,17-18,29H,13-16,20-21H2,1-2H3,(H,34,35). The minimum absolute atomic E-state index is 0.155. The fraction of sp³-hybridized carbons (Fsp3) is 0.290. The Labute approximate surface area is 223 Å². The molecule has 0 radical (unpaired) electrons. The van der Waals surface area contributed by atoms with E-state index in [1.807, 2.05) is 84.6 Å². The topological polar surface area (TPSA) is 92.0 Å². The summed E-state index contributed by atoms with van der Waals surface area (Å²) in [6.45, 7) is 4.42. The molecule has 1 saturated heterocycles. The number of hydrogen-bond donors (Lipinski definition) is 1. The summed E-state index contributed by atoms with van der Waals surface area (Å²) in [5.41, 5.74) is 6.19. The number of benzene rings is 3. The zero-order valence-electron chi connectivity index (χ0n) is 21.7. The molecular formula is C31H32N2O5. The Hall–Kier alpha value is -3.96. The van der Waals surface area contributed by atoms with Crippen LogP contribution in [0.3, 0.4) is 0 Å². The van der Waals surface area contributed by atoms with Gasteiger partial charge in [0.25, 0.3) is 0 Å². The monoisotopic (exact) mass is 512 g/mol. The molecule has 1 atom stereocenters. The summed E-state index contributed by atoms with van der Waals surface area (Å²) in [7, 11) is 1.62. The number of ether oxygens (including phenoxy) is 3. The molecule has 196 valence electrons. The van der Waals surface area contributed by atoms with Crippen LogP contribution in [0.15, 0.2) is 60.7 Å². The molecule has 7 nitrogen and oxygen atoms in total. The SMILES string of the molecule is COCCOc1cc(C)c(C=Cc2cccc(-c3ccccc3)c2C#N)cc1CN1CCOCC1C(=O)O. The smallest absolute Gasteiger partial charge is 0.323 e. The first kappa shape index (κ1) is 27.1. The molecule has 1 heterocycles. The summed E-state index contributed by atoms with van der Waals surface area (Å²) in [6.07, 6.45) is 3.95. The molecule has 0 aromatic heterocycles. The van der Waals surface area contributed by atoms with Gasteiger partial charge in [0.1, 0.15) is 24.5 Å². The van der Waals surface area contributed by atoms with E-state index in [1.54, 1.807) is 7.11 Å². The molecule has 0 spiro atoms. The molecule has 3 aromatic rings. The third kappa shape index (κ3) is 6.48. The Morgan fingerprint density at radius 2 is 1.92 bits per heavy atom. The van der Waals surface area contributed by atoms with Gasteiger partial charge in [0.2, 0.25) is 0 Å². The van der Waals surface area contributed by atoms with Crippen LogP contribution in [-0.4, -0.2) is 62.1 Å². The highest BCUT2D eigenvalue weighted by Gasteiger charge is 2.30. The lowest BCUT2D eigenvalue weighted by atomic mass is 9.95. The summed E-state index contributed by atoms with van der Waals surface area (Å²) in [6, 6.07) is 21.4. The lowest BCUT2D eigenvalue weighted by Gasteiger charge is -2.33. The number of aliphatic carboxylic acids is 1. The maximum atomic E-state index is 11.8. The fourth-order valence-corrected chi connectivity index (χ4v) is 4.56. The summed E-state index contributed by atoms with van der Waals surface area (Å²) < 4.78 is 16.6. The van der Waals surface area contributed by atoms with Gasteiger partial charge in [-0.2, -0.15) is 5.26 Å². The Morgan fingerprint density at radius 1 is 1.13 bits per heavy atom. The van der Waals surface area contributed by atoms with Crippen molar-refractivity contribution in [3.63, 3.8) is 0 Å². The van der Waals surface area contributed by atoms with Gasteiger partial charge in [-0.05, 0) is 41.3 Å². The van der Waals surface area contributed by atoms with Gasteiger partial charge in [-0.1, -0.05) is 60.7 Å². The molecule has 3 aromatic carbocycles. The van der Waals surface area contributed by atoms with E-state index < -0.39 is 12.0 Å².